The Bertz CT molecular complexity index is 228. The van der Waals surface area contributed by atoms with Crippen molar-refractivity contribution in [2.75, 3.05) is 26.3 Å². The zero-order valence-electron chi connectivity index (χ0n) is 8.96. The van der Waals surface area contributed by atoms with Gasteiger partial charge in [0.15, 0.2) is 0 Å². The average Bonchev–Trinajstić information content (AvgIpc) is 2.20. The molecular weight excluding hydrogens is 200 g/mol. The predicted molar refractivity (Wildman–Crippen MR) is 52.5 cm³/mol. The first-order chi connectivity index (χ1) is 6.99. The Balaban J connectivity index is 2.54. The number of nitrogens with one attached hydrogen (secondary N) is 2. The SMILES string of the molecule is CC1(C)COC(=O)NCCNC(=O)OC1. The normalized spacial score (nSPS) is 22.5. The van der Waals surface area contributed by atoms with Crippen LogP contribution in [0.5, 0.6) is 0 Å². The number of cyclic esters (lactones) is 2. The third kappa shape index (κ3) is 4.53. The maximum Gasteiger partial charge on any atom is 0.407 e. The van der Waals surface area contributed by atoms with Gasteiger partial charge in [-0.1, -0.05) is 13.8 Å². The summed E-state index contributed by atoms with van der Waals surface area (Å²) in [5, 5.41) is 5.01. The summed E-state index contributed by atoms with van der Waals surface area (Å²) in [5.74, 6) is 0. The third-order valence-corrected chi connectivity index (χ3v) is 1.85. The van der Waals surface area contributed by atoms with Crippen LogP contribution in [0.15, 0.2) is 0 Å². The van der Waals surface area contributed by atoms with Crippen LogP contribution in [0.3, 0.4) is 0 Å². The van der Waals surface area contributed by atoms with E-state index in [0.29, 0.717) is 13.1 Å². The quantitative estimate of drug-likeness (QED) is 0.617. The molecule has 1 fully saturated rings. The van der Waals surface area contributed by atoms with Crippen molar-refractivity contribution in [3.63, 3.8) is 0 Å². The average molecular weight is 216 g/mol. The Hall–Kier alpha value is -1.46. The summed E-state index contributed by atoms with van der Waals surface area (Å²) in [7, 11) is 0. The van der Waals surface area contributed by atoms with Crippen molar-refractivity contribution in [2.45, 2.75) is 13.8 Å². The molecule has 6 nitrogen and oxygen atoms in total. The number of ether oxygens (including phenoxy) is 2. The zero-order valence-corrected chi connectivity index (χ0v) is 8.96. The maximum atomic E-state index is 11.1. The molecule has 0 aromatic rings. The van der Waals surface area contributed by atoms with E-state index in [0.717, 1.165) is 0 Å². The molecule has 1 rings (SSSR count). The van der Waals surface area contributed by atoms with Gasteiger partial charge in [-0.2, -0.15) is 0 Å². The van der Waals surface area contributed by atoms with E-state index in [2.05, 4.69) is 10.6 Å². The second-order valence-electron chi connectivity index (χ2n) is 4.17. The van der Waals surface area contributed by atoms with Crippen molar-refractivity contribution in [3.8, 4) is 0 Å². The Kier molecular flexibility index (Phi) is 3.76. The van der Waals surface area contributed by atoms with Crippen LogP contribution in [0.4, 0.5) is 9.59 Å². The Morgan fingerprint density at radius 3 is 1.80 bits per heavy atom. The number of amides is 2. The van der Waals surface area contributed by atoms with E-state index in [-0.39, 0.29) is 18.6 Å². The summed E-state index contributed by atoms with van der Waals surface area (Å²) >= 11 is 0. The van der Waals surface area contributed by atoms with Gasteiger partial charge in [-0.05, 0) is 0 Å². The number of carbonyl (C=O) groups is 2. The van der Waals surface area contributed by atoms with Gasteiger partial charge in [-0.3, -0.25) is 0 Å². The summed E-state index contributed by atoms with van der Waals surface area (Å²) in [6, 6.07) is 0. The molecule has 0 aromatic carbocycles. The van der Waals surface area contributed by atoms with Crippen LogP contribution in [0.2, 0.25) is 0 Å². The van der Waals surface area contributed by atoms with E-state index >= 15 is 0 Å². The summed E-state index contributed by atoms with van der Waals surface area (Å²) in [5.41, 5.74) is -0.376. The highest BCUT2D eigenvalue weighted by Gasteiger charge is 2.23. The lowest BCUT2D eigenvalue weighted by atomic mass is 9.96. The topological polar surface area (TPSA) is 76.7 Å². The second-order valence-corrected chi connectivity index (χ2v) is 4.17. The van der Waals surface area contributed by atoms with Crippen LogP contribution in [-0.2, 0) is 9.47 Å². The largest absolute Gasteiger partial charge is 0.449 e. The third-order valence-electron chi connectivity index (χ3n) is 1.85. The standard InChI is InChI=1S/C9H16N2O4/c1-9(2)5-14-7(12)10-3-4-11-8(13)15-6-9/h3-6H2,1-2H3,(H,10,12)(H,11,13). The fourth-order valence-corrected chi connectivity index (χ4v) is 0.995. The van der Waals surface area contributed by atoms with Gasteiger partial charge in [-0.25, -0.2) is 9.59 Å². The first-order valence-electron chi connectivity index (χ1n) is 4.81. The van der Waals surface area contributed by atoms with Gasteiger partial charge >= 0.3 is 12.2 Å². The van der Waals surface area contributed by atoms with Crippen molar-refractivity contribution in [2.24, 2.45) is 5.41 Å². The van der Waals surface area contributed by atoms with Gasteiger partial charge in [0.05, 0.1) is 0 Å². The Morgan fingerprint density at radius 2 is 1.40 bits per heavy atom. The fraction of sp³-hybridized carbons (Fsp3) is 0.778. The molecule has 86 valence electrons. The van der Waals surface area contributed by atoms with E-state index in [1.165, 1.54) is 0 Å². The Labute approximate surface area is 88.3 Å². The molecule has 1 aliphatic heterocycles. The van der Waals surface area contributed by atoms with Crippen LogP contribution in [-0.4, -0.2) is 38.5 Å². The van der Waals surface area contributed by atoms with Gasteiger partial charge in [-0.15, -0.1) is 0 Å². The molecule has 0 aliphatic carbocycles. The summed E-state index contributed by atoms with van der Waals surface area (Å²) in [6.07, 6.45) is -0.946. The van der Waals surface area contributed by atoms with Gasteiger partial charge in [0.1, 0.15) is 13.2 Å². The molecule has 15 heavy (non-hydrogen) atoms. The monoisotopic (exact) mass is 216 g/mol. The number of carbonyl (C=O) groups excluding carboxylic acids is 2. The minimum atomic E-state index is -0.473. The van der Waals surface area contributed by atoms with Crippen molar-refractivity contribution in [1.82, 2.24) is 10.6 Å². The van der Waals surface area contributed by atoms with Crippen LogP contribution >= 0.6 is 0 Å². The van der Waals surface area contributed by atoms with Gasteiger partial charge in [0.2, 0.25) is 0 Å². The smallest absolute Gasteiger partial charge is 0.407 e. The van der Waals surface area contributed by atoms with Crippen molar-refractivity contribution < 1.29 is 19.1 Å². The summed E-state index contributed by atoms with van der Waals surface area (Å²) in [4.78, 5) is 22.2. The first kappa shape index (κ1) is 11.6. The van der Waals surface area contributed by atoms with E-state index < -0.39 is 12.2 Å². The predicted octanol–water partition coefficient (Wildman–Crippen LogP) is 0.479. The summed E-state index contributed by atoms with van der Waals surface area (Å²) in [6.45, 7) is 4.79. The number of hydrogen-bond acceptors (Lipinski definition) is 4. The molecule has 1 heterocycles. The van der Waals surface area contributed by atoms with E-state index in [1.807, 2.05) is 13.8 Å². The van der Waals surface area contributed by atoms with Crippen molar-refractivity contribution >= 4 is 12.2 Å². The van der Waals surface area contributed by atoms with Crippen molar-refractivity contribution in [3.05, 3.63) is 0 Å². The maximum absolute atomic E-state index is 11.1. The molecule has 0 bridgehead atoms. The van der Waals surface area contributed by atoms with Gasteiger partial charge < -0.3 is 20.1 Å². The number of rotatable bonds is 0. The highest BCUT2D eigenvalue weighted by Crippen LogP contribution is 2.16. The zero-order chi connectivity index (χ0) is 11.3. The van der Waals surface area contributed by atoms with Gasteiger partial charge in [0, 0.05) is 18.5 Å². The molecule has 0 saturated carbocycles. The molecule has 0 atom stereocenters. The van der Waals surface area contributed by atoms with E-state index in [9.17, 15) is 9.59 Å². The molecule has 0 radical (unpaired) electrons. The molecule has 2 N–H and O–H groups in total. The Morgan fingerprint density at radius 1 is 1.00 bits per heavy atom. The summed E-state index contributed by atoms with van der Waals surface area (Å²) < 4.78 is 9.91. The number of hydrogen-bond donors (Lipinski definition) is 2. The molecule has 2 amide bonds. The van der Waals surface area contributed by atoms with Crippen LogP contribution < -0.4 is 10.6 Å². The lowest BCUT2D eigenvalue weighted by molar-refractivity contribution is 0.0492. The van der Waals surface area contributed by atoms with Crippen LogP contribution in [0, 0.1) is 5.41 Å². The fourth-order valence-electron chi connectivity index (χ4n) is 0.995. The molecular formula is C9H16N2O4. The molecule has 0 aromatic heterocycles. The molecule has 0 unspecified atom stereocenters. The molecule has 1 aliphatic rings. The number of alkyl carbamates (subject to hydrolysis) is 2. The van der Waals surface area contributed by atoms with Crippen molar-refractivity contribution in [1.29, 1.82) is 0 Å². The molecule has 1 saturated heterocycles. The highest BCUT2D eigenvalue weighted by molar-refractivity contribution is 5.68. The molecule has 0 spiro atoms. The lowest BCUT2D eigenvalue weighted by Crippen LogP contribution is -2.34. The second kappa shape index (κ2) is 4.86. The minimum Gasteiger partial charge on any atom is -0.449 e. The van der Waals surface area contributed by atoms with E-state index in [4.69, 9.17) is 9.47 Å². The van der Waals surface area contributed by atoms with Crippen LogP contribution in [0.25, 0.3) is 0 Å². The minimum absolute atomic E-state index is 0.214. The first-order valence-corrected chi connectivity index (χ1v) is 4.81. The van der Waals surface area contributed by atoms with Gasteiger partial charge in [0.25, 0.3) is 0 Å². The molecule has 6 heteroatoms. The van der Waals surface area contributed by atoms with E-state index in [1.54, 1.807) is 0 Å². The lowest BCUT2D eigenvalue weighted by Gasteiger charge is -2.22. The van der Waals surface area contributed by atoms with Crippen LogP contribution in [0.1, 0.15) is 13.8 Å². The highest BCUT2D eigenvalue weighted by atomic mass is 16.6.